The number of sulfone groups is 1. The summed E-state index contributed by atoms with van der Waals surface area (Å²) in [5, 5.41) is 4.86. The van der Waals surface area contributed by atoms with Crippen LogP contribution < -0.4 is 5.32 Å². The molecule has 0 unspecified atom stereocenters. The lowest BCUT2D eigenvalue weighted by Crippen LogP contribution is -2.24. The van der Waals surface area contributed by atoms with Crippen LogP contribution in [0.2, 0.25) is 0 Å². The predicted octanol–water partition coefficient (Wildman–Crippen LogP) is 3.27. The van der Waals surface area contributed by atoms with Gasteiger partial charge in [0.2, 0.25) is 5.91 Å². The van der Waals surface area contributed by atoms with Crippen molar-refractivity contribution in [3.8, 4) is 10.8 Å². The fourth-order valence-electron chi connectivity index (χ4n) is 2.20. The first-order valence-electron chi connectivity index (χ1n) is 7.46. The number of hydrogen-bond acceptors (Lipinski definition) is 6. The van der Waals surface area contributed by atoms with Crippen LogP contribution in [0.4, 0.5) is 5.69 Å². The van der Waals surface area contributed by atoms with Gasteiger partial charge in [-0.25, -0.2) is 13.4 Å². The lowest BCUT2D eigenvalue weighted by Gasteiger charge is -2.06. The van der Waals surface area contributed by atoms with Crippen molar-refractivity contribution in [1.29, 1.82) is 0 Å². The Morgan fingerprint density at radius 2 is 2.00 bits per heavy atom. The minimum absolute atomic E-state index is 0.286. The number of rotatable bonds is 6. The number of benzene rings is 1. The van der Waals surface area contributed by atoms with Crippen molar-refractivity contribution < 1.29 is 17.6 Å². The molecule has 0 aliphatic heterocycles. The first-order chi connectivity index (χ1) is 11.9. The van der Waals surface area contributed by atoms with E-state index in [1.807, 2.05) is 19.1 Å². The second-order valence-corrected chi connectivity index (χ2v) is 8.49. The van der Waals surface area contributed by atoms with E-state index < -0.39 is 21.5 Å². The second kappa shape index (κ2) is 7.20. The maximum Gasteiger partial charge on any atom is 0.239 e. The van der Waals surface area contributed by atoms with Gasteiger partial charge in [0.25, 0.3) is 0 Å². The molecule has 0 bridgehead atoms. The van der Waals surface area contributed by atoms with Gasteiger partial charge in [0, 0.05) is 11.1 Å². The number of amides is 1. The van der Waals surface area contributed by atoms with E-state index in [4.69, 9.17) is 4.42 Å². The molecule has 6 nitrogen and oxygen atoms in total. The molecule has 1 N–H and O–H groups in total. The van der Waals surface area contributed by atoms with Crippen LogP contribution in [0.3, 0.4) is 0 Å². The van der Waals surface area contributed by atoms with E-state index in [0.717, 1.165) is 5.56 Å². The summed E-state index contributed by atoms with van der Waals surface area (Å²) in [4.78, 5) is 16.2. The molecule has 3 rings (SSSR count). The summed E-state index contributed by atoms with van der Waals surface area (Å²) in [6.45, 7) is 1.93. The number of furan rings is 1. The van der Waals surface area contributed by atoms with E-state index in [-0.39, 0.29) is 5.75 Å². The van der Waals surface area contributed by atoms with E-state index in [2.05, 4.69) is 10.3 Å². The molecule has 2 aromatic heterocycles. The van der Waals surface area contributed by atoms with Gasteiger partial charge in [-0.15, -0.1) is 11.3 Å². The van der Waals surface area contributed by atoms with Crippen LogP contribution in [-0.4, -0.2) is 25.1 Å². The van der Waals surface area contributed by atoms with Crippen LogP contribution in [0.15, 0.2) is 52.5 Å². The maximum atomic E-state index is 12.2. The smallest absolute Gasteiger partial charge is 0.239 e. The number of carbonyl (C=O) groups excluding carboxylic acids is 1. The Hall–Kier alpha value is -2.45. The molecule has 2 heterocycles. The molecule has 3 aromatic rings. The Bertz CT molecular complexity index is 959. The maximum absolute atomic E-state index is 12.2. The van der Waals surface area contributed by atoms with Crippen molar-refractivity contribution >= 4 is 32.8 Å². The Kier molecular flexibility index (Phi) is 5.00. The topological polar surface area (TPSA) is 89.3 Å². The van der Waals surface area contributed by atoms with Crippen molar-refractivity contribution in [2.45, 2.75) is 12.7 Å². The average Bonchev–Trinajstić information content (AvgIpc) is 3.19. The van der Waals surface area contributed by atoms with E-state index >= 15 is 0 Å². The highest BCUT2D eigenvalue weighted by Gasteiger charge is 2.20. The lowest BCUT2D eigenvalue weighted by atomic mass is 10.2. The van der Waals surface area contributed by atoms with Crippen LogP contribution in [0, 0.1) is 6.92 Å². The lowest BCUT2D eigenvalue weighted by molar-refractivity contribution is -0.113. The first-order valence-corrected chi connectivity index (χ1v) is 10.2. The molecule has 8 heteroatoms. The third-order valence-corrected chi connectivity index (χ3v) is 5.68. The van der Waals surface area contributed by atoms with Gasteiger partial charge in [0.15, 0.2) is 20.6 Å². The Morgan fingerprint density at radius 1 is 1.24 bits per heavy atom. The van der Waals surface area contributed by atoms with Crippen molar-refractivity contribution in [3.05, 3.63) is 59.3 Å². The standard InChI is InChI=1S/C17H16N2O4S2/c1-12-4-6-13(7-5-12)18-16(20)11-25(21,22)10-14-9-24-17(19-14)15-3-2-8-23-15/h2-9H,10-11H2,1H3,(H,18,20). The predicted molar refractivity (Wildman–Crippen MR) is 97.1 cm³/mol. The largest absolute Gasteiger partial charge is 0.462 e. The number of hydrogen-bond donors (Lipinski definition) is 1. The number of thiazole rings is 1. The number of nitrogens with one attached hydrogen (secondary N) is 1. The summed E-state index contributed by atoms with van der Waals surface area (Å²) in [5.74, 6) is -0.851. The Morgan fingerprint density at radius 3 is 2.68 bits per heavy atom. The fraction of sp³-hybridized carbons (Fsp3) is 0.176. The summed E-state index contributed by atoms with van der Waals surface area (Å²) in [7, 11) is -3.62. The molecule has 130 valence electrons. The van der Waals surface area contributed by atoms with E-state index in [1.54, 1.807) is 29.6 Å². The zero-order chi connectivity index (χ0) is 17.9. The van der Waals surface area contributed by atoms with Gasteiger partial charge in [0.1, 0.15) is 5.75 Å². The van der Waals surface area contributed by atoms with Crippen molar-refractivity contribution in [1.82, 2.24) is 4.98 Å². The van der Waals surface area contributed by atoms with Gasteiger partial charge >= 0.3 is 0 Å². The van der Waals surface area contributed by atoms with Crippen LogP contribution in [-0.2, 0) is 20.4 Å². The number of carbonyl (C=O) groups is 1. The van der Waals surface area contributed by atoms with Crippen molar-refractivity contribution in [3.63, 3.8) is 0 Å². The van der Waals surface area contributed by atoms with Crippen molar-refractivity contribution in [2.24, 2.45) is 0 Å². The number of aryl methyl sites for hydroxylation is 1. The van der Waals surface area contributed by atoms with Gasteiger partial charge in [-0.3, -0.25) is 4.79 Å². The molecule has 0 aliphatic rings. The van der Waals surface area contributed by atoms with Gasteiger partial charge in [-0.05, 0) is 31.2 Å². The highest BCUT2D eigenvalue weighted by atomic mass is 32.2. The molecule has 0 saturated carbocycles. The van der Waals surface area contributed by atoms with Gasteiger partial charge in [-0.1, -0.05) is 17.7 Å². The van der Waals surface area contributed by atoms with Crippen molar-refractivity contribution in [2.75, 3.05) is 11.1 Å². The molecule has 0 radical (unpaired) electrons. The average molecular weight is 376 g/mol. The highest BCUT2D eigenvalue weighted by molar-refractivity contribution is 7.91. The molecular weight excluding hydrogens is 360 g/mol. The summed E-state index contributed by atoms with van der Waals surface area (Å²) in [6.07, 6.45) is 1.53. The Labute approximate surface area is 149 Å². The minimum Gasteiger partial charge on any atom is -0.462 e. The monoisotopic (exact) mass is 376 g/mol. The Balaban J connectivity index is 1.62. The molecule has 0 saturated heterocycles. The zero-order valence-corrected chi connectivity index (χ0v) is 15.1. The van der Waals surface area contributed by atoms with E-state index in [0.29, 0.717) is 22.1 Å². The molecular formula is C17H16N2O4S2. The van der Waals surface area contributed by atoms with Crippen LogP contribution in [0.5, 0.6) is 0 Å². The zero-order valence-electron chi connectivity index (χ0n) is 13.4. The summed E-state index contributed by atoms with van der Waals surface area (Å²) in [6, 6.07) is 10.6. The van der Waals surface area contributed by atoms with Crippen LogP contribution >= 0.6 is 11.3 Å². The van der Waals surface area contributed by atoms with Crippen LogP contribution in [0.25, 0.3) is 10.8 Å². The molecule has 0 aliphatic carbocycles. The highest BCUT2D eigenvalue weighted by Crippen LogP contribution is 2.24. The third kappa shape index (κ3) is 4.77. The van der Waals surface area contributed by atoms with Gasteiger partial charge in [0.05, 0.1) is 17.7 Å². The van der Waals surface area contributed by atoms with E-state index in [9.17, 15) is 13.2 Å². The quantitative estimate of drug-likeness (QED) is 0.713. The molecule has 1 amide bonds. The molecule has 0 spiro atoms. The van der Waals surface area contributed by atoms with E-state index in [1.165, 1.54) is 17.6 Å². The van der Waals surface area contributed by atoms with Gasteiger partial charge < -0.3 is 9.73 Å². The molecule has 25 heavy (non-hydrogen) atoms. The molecule has 1 aromatic carbocycles. The fourth-order valence-corrected chi connectivity index (χ4v) is 4.26. The SMILES string of the molecule is Cc1ccc(NC(=O)CS(=O)(=O)Cc2csc(-c3ccco3)n2)cc1. The normalized spacial score (nSPS) is 11.4. The molecule has 0 atom stereocenters. The number of nitrogens with zero attached hydrogens (tertiary/aromatic N) is 1. The van der Waals surface area contributed by atoms with Gasteiger partial charge in [-0.2, -0.15) is 0 Å². The number of anilines is 1. The summed E-state index contributed by atoms with van der Waals surface area (Å²) < 4.78 is 29.7. The summed E-state index contributed by atoms with van der Waals surface area (Å²) >= 11 is 1.30. The minimum atomic E-state index is -3.62. The second-order valence-electron chi connectivity index (χ2n) is 5.57. The summed E-state index contributed by atoms with van der Waals surface area (Å²) in [5.41, 5.74) is 2.03. The third-order valence-electron chi connectivity index (χ3n) is 3.34. The first kappa shape index (κ1) is 17.4. The number of aromatic nitrogens is 1. The molecule has 0 fully saturated rings. The van der Waals surface area contributed by atoms with Crippen LogP contribution in [0.1, 0.15) is 11.3 Å².